The van der Waals surface area contributed by atoms with Gasteiger partial charge in [-0.25, -0.2) is 4.98 Å². The Balaban J connectivity index is 1.94. The second-order valence-electron chi connectivity index (χ2n) is 4.39. The summed E-state index contributed by atoms with van der Waals surface area (Å²) in [5, 5.41) is 2.98. The van der Waals surface area contributed by atoms with Gasteiger partial charge in [-0.2, -0.15) is 0 Å². The van der Waals surface area contributed by atoms with Crippen molar-refractivity contribution in [3.05, 3.63) is 28.5 Å². The summed E-state index contributed by atoms with van der Waals surface area (Å²) in [4.78, 5) is 15.9. The molecule has 1 N–H and O–H groups in total. The number of pyridine rings is 1. The van der Waals surface area contributed by atoms with Crippen molar-refractivity contribution < 1.29 is 4.79 Å². The summed E-state index contributed by atoms with van der Waals surface area (Å²) in [6.45, 7) is 2.05. The highest BCUT2D eigenvalue weighted by Crippen LogP contribution is 2.33. The van der Waals surface area contributed by atoms with Gasteiger partial charge in [0.1, 0.15) is 5.69 Å². The zero-order chi connectivity index (χ0) is 11.5. The first-order valence-corrected chi connectivity index (χ1v) is 6.37. The molecule has 0 radical (unpaired) electrons. The highest BCUT2D eigenvalue weighted by molar-refractivity contribution is 9.10. The van der Waals surface area contributed by atoms with E-state index in [1.54, 1.807) is 12.3 Å². The Kier molecular flexibility index (Phi) is 3.59. The third kappa shape index (κ3) is 3.04. The minimum atomic E-state index is -0.0966. The van der Waals surface area contributed by atoms with Crippen LogP contribution in [0.15, 0.2) is 22.8 Å². The molecule has 1 aliphatic carbocycles. The smallest absolute Gasteiger partial charge is 0.271 e. The van der Waals surface area contributed by atoms with Gasteiger partial charge in [-0.05, 0) is 47.3 Å². The van der Waals surface area contributed by atoms with Gasteiger partial charge in [0.05, 0.1) is 0 Å². The van der Waals surface area contributed by atoms with Crippen LogP contribution in [0.25, 0.3) is 0 Å². The van der Waals surface area contributed by atoms with Gasteiger partial charge in [-0.1, -0.05) is 12.8 Å². The minimum Gasteiger partial charge on any atom is -0.348 e. The lowest BCUT2D eigenvalue weighted by Gasteiger charge is -2.13. The Bertz CT molecular complexity index is 390. The monoisotopic (exact) mass is 282 g/mol. The first kappa shape index (κ1) is 11.6. The summed E-state index contributed by atoms with van der Waals surface area (Å²) >= 11 is 3.33. The van der Waals surface area contributed by atoms with Crippen LogP contribution in [0.4, 0.5) is 0 Å². The number of nitrogens with zero attached hydrogens (tertiary/aromatic N) is 1. The van der Waals surface area contributed by atoms with Gasteiger partial charge in [0.2, 0.25) is 0 Å². The normalized spacial score (nSPS) is 16.9. The Morgan fingerprint density at radius 1 is 1.69 bits per heavy atom. The van der Waals surface area contributed by atoms with E-state index in [0.29, 0.717) is 5.69 Å². The molecule has 3 nitrogen and oxygen atoms in total. The molecule has 1 atom stereocenters. The fourth-order valence-corrected chi connectivity index (χ4v) is 2.19. The SMILES string of the molecule is CC(CC1CC1)NC(=O)c1ncccc1Br. The molecule has 1 saturated carbocycles. The number of hydrogen-bond donors (Lipinski definition) is 1. The first-order valence-electron chi connectivity index (χ1n) is 5.58. The van der Waals surface area contributed by atoms with Crippen molar-refractivity contribution in [2.24, 2.45) is 5.92 Å². The van der Waals surface area contributed by atoms with Crippen LogP contribution in [0.1, 0.15) is 36.7 Å². The molecule has 0 aromatic carbocycles. The summed E-state index contributed by atoms with van der Waals surface area (Å²) in [5.41, 5.74) is 0.463. The van der Waals surface area contributed by atoms with Gasteiger partial charge in [-0.3, -0.25) is 4.79 Å². The molecule has 0 spiro atoms. The Hall–Kier alpha value is -0.900. The van der Waals surface area contributed by atoms with Crippen molar-refractivity contribution >= 4 is 21.8 Å². The Morgan fingerprint density at radius 3 is 3.06 bits per heavy atom. The summed E-state index contributed by atoms with van der Waals surface area (Å²) in [6, 6.07) is 3.86. The lowest BCUT2D eigenvalue weighted by atomic mass is 10.1. The van der Waals surface area contributed by atoms with E-state index in [1.165, 1.54) is 12.8 Å². The van der Waals surface area contributed by atoms with Gasteiger partial charge in [0.25, 0.3) is 5.91 Å². The quantitative estimate of drug-likeness (QED) is 0.923. The van der Waals surface area contributed by atoms with E-state index in [0.717, 1.165) is 16.8 Å². The topological polar surface area (TPSA) is 42.0 Å². The molecule has 0 bridgehead atoms. The maximum Gasteiger partial charge on any atom is 0.271 e. The summed E-state index contributed by atoms with van der Waals surface area (Å²) in [5.74, 6) is 0.725. The zero-order valence-electron chi connectivity index (χ0n) is 9.24. The van der Waals surface area contributed by atoms with Crippen LogP contribution in [0, 0.1) is 5.92 Å². The van der Waals surface area contributed by atoms with Crippen molar-refractivity contribution in [2.45, 2.75) is 32.2 Å². The van der Waals surface area contributed by atoms with Crippen LogP contribution >= 0.6 is 15.9 Å². The van der Waals surface area contributed by atoms with Crippen LogP contribution in [-0.2, 0) is 0 Å². The van der Waals surface area contributed by atoms with Crippen LogP contribution in [0.3, 0.4) is 0 Å². The Morgan fingerprint density at radius 2 is 2.44 bits per heavy atom. The molecule has 1 aromatic heterocycles. The lowest BCUT2D eigenvalue weighted by molar-refractivity contribution is 0.0931. The van der Waals surface area contributed by atoms with Crippen molar-refractivity contribution in [1.82, 2.24) is 10.3 Å². The minimum absolute atomic E-state index is 0.0966. The number of halogens is 1. The third-order valence-electron chi connectivity index (χ3n) is 2.73. The fourth-order valence-electron chi connectivity index (χ4n) is 1.76. The third-order valence-corrected chi connectivity index (χ3v) is 3.37. The molecule has 1 unspecified atom stereocenters. The predicted molar refractivity (Wildman–Crippen MR) is 66.2 cm³/mol. The number of rotatable bonds is 4. The highest BCUT2D eigenvalue weighted by Gasteiger charge is 2.24. The average Bonchev–Trinajstić information content (AvgIpc) is 3.01. The number of amides is 1. The molecular formula is C12H15BrN2O. The number of carbonyl (C=O) groups excluding carboxylic acids is 1. The molecule has 1 fully saturated rings. The molecule has 0 aliphatic heterocycles. The second-order valence-corrected chi connectivity index (χ2v) is 5.24. The highest BCUT2D eigenvalue weighted by atomic mass is 79.9. The molecule has 4 heteroatoms. The van der Waals surface area contributed by atoms with Crippen LogP contribution < -0.4 is 5.32 Å². The molecule has 1 heterocycles. The molecule has 1 aliphatic rings. The number of nitrogens with one attached hydrogen (secondary N) is 1. The molecule has 86 valence electrons. The van der Waals surface area contributed by atoms with E-state index in [1.807, 2.05) is 13.0 Å². The van der Waals surface area contributed by atoms with Crippen molar-refractivity contribution in [3.8, 4) is 0 Å². The molecule has 2 rings (SSSR count). The van der Waals surface area contributed by atoms with Gasteiger partial charge < -0.3 is 5.32 Å². The van der Waals surface area contributed by atoms with E-state index in [-0.39, 0.29) is 11.9 Å². The van der Waals surface area contributed by atoms with E-state index in [4.69, 9.17) is 0 Å². The summed E-state index contributed by atoms with van der Waals surface area (Å²) in [7, 11) is 0. The van der Waals surface area contributed by atoms with E-state index < -0.39 is 0 Å². The van der Waals surface area contributed by atoms with E-state index in [2.05, 4.69) is 26.2 Å². The standard InChI is InChI=1S/C12H15BrN2O/c1-8(7-9-4-5-9)15-12(16)11-10(13)3-2-6-14-11/h2-3,6,8-9H,4-5,7H2,1H3,(H,15,16). The van der Waals surface area contributed by atoms with Gasteiger partial charge in [0.15, 0.2) is 0 Å². The number of carbonyl (C=O) groups is 1. The molecule has 1 aromatic rings. The predicted octanol–water partition coefficient (Wildman–Crippen LogP) is 2.76. The maximum absolute atomic E-state index is 11.9. The Labute approximate surface area is 104 Å². The van der Waals surface area contributed by atoms with Crippen molar-refractivity contribution in [1.29, 1.82) is 0 Å². The van der Waals surface area contributed by atoms with Crippen LogP contribution in [0.5, 0.6) is 0 Å². The summed E-state index contributed by atoms with van der Waals surface area (Å²) < 4.78 is 0.742. The van der Waals surface area contributed by atoms with E-state index in [9.17, 15) is 4.79 Å². The zero-order valence-corrected chi connectivity index (χ0v) is 10.8. The second kappa shape index (κ2) is 4.95. The van der Waals surface area contributed by atoms with Gasteiger partial charge in [0, 0.05) is 16.7 Å². The number of hydrogen-bond acceptors (Lipinski definition) is 2. The van der Waals surface area contributed by atoms with Gasteiger partial charge in [-0.15, -0.1) is 0 Å². The lowest BCUT2D eigenvalue weighted by Crippen LogP contribution is -2.33. The van der Waals surface area contributed by atoms with Crippen molar-refractivity contribution in [3.63, 3.8) is 0 Å². The average molecular weight is 283 g/mol. The molecule has 1 amide bonds. The van der Waals surface area contributed by atoms with Crippen LogP contribution in [0.2, 0.25) is 0 Å². The first-order chi connectivity index (χ1) is 7.66. The number of aromatic nitrogens is 1. The maximum atomic E-state index is 11.9. The van der Waals surface area contributed by atoms with E-state index >= 15 is 0 Å². The largest absolute Gasteiger partial charge is 0.348 e. The van der Waals surface area contributed by atoms with Gasteiger partial charge >= 0.3 is 0 Å². The van der Waals surface area contributed by atoms with Crippen molar-refractivity contribution in [2.75, 3.05) is 0 Å². The fraction of sp³-hybridized carbons (Fsp3) is 0.500. The molecular weight excluding hydrogens is 268 g/mol. The van der Waals surface area contributed by atoms with Crippen LogP contribution in [-0.4, -0.2) is 16.9 Å². The summed E-state index contributed by atoms with van der Waals surface area (Å²) in [6.07, 6.45) is 5.34. The molecule has 0 saturated heterocycles. The molecule has 16 heavy (non-hydrogen) atoms.